The topological polar surface area (TPSA) is 54.0 Å². The van der Waals surface area contributed by atoms with E-state index in [9.17, 15) is 4.79 Å². The Bertz CT molecular complexity index is 390. The Balaban J connectivity index is 2.39. The molecule has 1 aromatic heterocycles. The van der Waals surface area contributed by atoms with Crippen LogP contribution in [0.2, 0.25) is 0 Å². The lowest BCUT2D eigenvalue weighted by Crippen LogP contribution is -2.43. The van der Waals surface area contributed by atoms with Gasteiger partial charge in [0.05, 0.1) is 6.04 Å². The number of rotatable bonds is 6. The first kappa shape index (κ1) is 14.6. The summed E-state index contributed by atoms with van der Waals surface area (Å²) in [4.78, 5) is 15.9. The van der Waals surface area contributed by atoms with Crippen molar-refractivity contribution >= 4 is 5.91 Å². The van der Waals surface area contributed by atoms with Gasteiger partial charge in [-0.1, -0.05) is 13.8 Å². The zero-order valence-electron chi connectivity index (χ0n) is 11.7. The van der Waals surface area contributed by atoms with Crippen molar-refractivity contribution in [3.05, 3.63) is 29.6 Å². The van der Waals surface area contributed by atoms with E-state index in [-0.39, 0.29) is 11.9 Å². The van der Waals surface area contributed by atoms with E-state index in [0.29, 0.717) is 12.5 Å². The molecule has 0 aliphatic rings. The molecule has 0 radical (unpaired) electrons. The van der Waals surface area contributed by atoms with Gasteiger partial charge >= 0.3 is 0 Å². The van der Waals surface area contributed by atoms with E-state index in [2.05, 4.69) is 29.5 Å². The highest BCUT2D eigenvalue weighted by atomic mass is 16.2. The maximum absolute atomic E-state index is 11.8. The highest BCUT2D eigenvalue weighted by Gasteiger charge is 2.12. The van der Waals surface area contributed by atoms with Crippen LogP contribution < -0.4 is 10.6 Å². The molecule has 4 nitrogen and oxygen atoms in total. The van der Waals surface area contributed by atoms with Gasteiger partial charge in [0, 0.05) is 25.5 Å². The van der Waals surface area contributed by atoms with Crippen LogP contribution in [0.3, 0.4) is 0 Å². The molecule has 0 aromatic carbocycles. The van der Waals surface area contributed by atoms with Crippen LogP contribution >= 0.6 is 0 Å². The van der Waals surface area contributed by atoms with Crippen LogP contribution in [0.15, 0.2) is 18.5 Å². The molecule has 0 aliphatic carbocycles. The van der Waals surface area contributed by atoms with Crippen molar-refractivity contribution in [2.45, 2.75) is 40.3 Å². The van der Waals surface area contributed by atoms with Crippen molar-refractivity contribution in [1.29, 1.82) is 0 Å². The first-order chi connectivity index (χ1) is 8.50. The van der Waals surface area contributed by atoms with Crippen molar-refractivity contribution in [1.82, 2.24) is 15.6 Å². The molecule has 0 spiro atoms. The summed E-state index contributed by atoms with van der Waals surface area (Å²) < 4.78 is 0. The van der Waals surface area contributed by atoms with Gasteiger partial charge in [-0.25, -0.2) is 0 Å². The van der Waals surface area contributed by atoms with Crippen LogP contribution in [0.4, 0.5) is 0 Å². The second kappa shape index (κ2) is 7.11. The van der Waals surface area contributed by atoms with Gasteiger partial charge in [0.1, 0.15) is 0 Å². The summed E-state index contributed by atoms with van der Waals surface area (Å²) >= 11 is 0. The standard InChI is InChI=1S/C14H23N3O/c1-10(2)7-17-14(18)12(4)16-9-13-8-15-6-5-11(13)3/h5-6,8,10,12,16H,7,9H2,1-4H3,(H,17,18). The van der Waals surface area contributed by atoms with Crippen LogP contribution in [0.25, 0.3) is 0 Å². The van der Waals surface area contributed by atoms with Crippen LogP contribution in [0.5, 0.6) is 0 Å². The monoisotopic (exact) mass is 249 g/mol. The molecule has 1 unspecified atom stereocenters. The summed E-state index contributed by atoms with van der Waals surface area (Å²) in [6.45, 7) is 9.46. The number of hydrogen-bond acceptors (Lipinski definition) is 3. The van der Waals surface area contributed by atoms with Gasteiger partial charge in [-0.3, -0.25) is 9.78 Å². The normalized spacial score (nSPS) is 12.5. The molecule has 1 atom stereocenters. The number of nitrogens with one attached hydrogen (secondary N) is 2. The van der Waals surface area contributed by atoms with Crippen molar-refractivity contribution in [3.8, 4) is 0 Å². The molecule has 1 aromatic rings. The Hall–Kier alpha value is -1.42. The smallest absolute Gasteiger partial charge is 0.236 e. The van der Waals surface area contributed by atoms with Gasteiger partial charge < -0.3 is 10.6 Å². The molecular formula is C14H23N3O. The molecule has 0 bridgehead atoms. The summed E-state index contributed by atoms with van der Waals surface area (Å²) in [5.74, 6) is 0.520. The third kappa shape index (κ3) is 4.84. The SMILES string of the molecule is Cc1ccncc1CNC(C)C(=O)NCC(C)C. The average molecular weight is 249 g/mol. The Kier molecular flexibility index (Phi) is 5.78. The summed E-state index contributed by atoms with van der Waals surface area (Å²) in [5, 5.41) is 6.13. The van der Waals surface area contributed by atoms with E-state index in [0.717, 1.165) is 12.1 Å². The Morgan fingerprint density at radius 1 is 1.39 bits per heavy atom. The zero-order chi connectivity index (χ0) is 13.5. The van der Waals surface area contributed by atoms with Crippen LogP contribution in [0, 0.1) is 12.8 Å². The first-order valence-electron chi connectivity index (χ1n) is 6.41. The number of hydrogen-bond donors (Lipinski definition) is 2. The van der Waals surface area contributed by atoms with Gasteiger partial charge in [-0.15, -0.1) is 0 Å². The van der Waals surface area contributed by atoms with E-state index in [4.69, 9.17) is 0 Å². The molecule has 100 valence electrons. The quantitative estimate of drug-likeness (QED) is 0.806. The summed E-state index contributed by atoms with van der Waals surface area (Å²) in [5.41, 5.74) is 2.31. The van der Waals surface area contributed by atoms with E-state index in [1.54, 1.807) is 6.20 Å². The molecule has 2 N–H and O–H groups in total. The van der Waals surface area contributed by atoms with Gasteiger partial charge in [-0.2, -0.15) is 0 Å². The zero-order valence-corrected chi connectivity index (χ0v) is 11.7. The van der Waals surface area contributed by atoms with Gasteiger partial charge in [0.2, 0.25) is 5.91 Å². The molecular weight excluding hydrogens is 226 g/mol. The average Bonchev–Trinajstić information content (AvgIpc) is 2.34. The van der Waals surface area contributed by atoms with Gasteiger partial charge in [0.25, 0.3) is 0 Å². The fourth-order valence-electron chi connectivity index (χ4n) is 1.50. The highest BCUT2D eigenvalue weighted by Crippen LogP contribution is 2.04. The molecule has 0 aliphatic heterocycles. The van der Waals surface area contributed by atoms with Crippen LogP contribution in [0.1, 0.15) is 31.9 Å². The number of amides is 1. The molecule has 1 rings (SSSR count). The number of nitrogens with zero attached hydrogens (tertiary/aromatic N) is 1. The predicted molar refractivity (Wildman–Crippen MR) is 73.1 cm³/mol. The minimum atomic E-state index is -0.191. The summed E-state index contributed by atoms with van der Waals surface area (Å²) in [6, 6.07) is 1.78. The van der Waals surface area contributed by atoms with E-state index < -0.39 is 0 Å². The van der Waals surface area contributed by atoms with Gasteiger partial charge in [0.15, 0.2) is 0 Å². The fraction of sp³-hybridized carbons (Fsp3) is 0.571. The second-order valence-electron chi connectivity index (χ2n) is 5.04. The minimum absolute atomic E-state index is 0.0465. The number of carbonyl (C=O) groups is 1. The minimum Gasteiger partial charge on any atom is -0.354 e. The second-order valence-corrected chi connectivity index (χ2v) is 5.04. The maximum atomic E-state index is 11.8. The summed E-state index contributed by atoms with van der Waals surface area (Å²) in [6.07, 6.45) is 3.61. The van der Waals surface area contributed by atoms with Crippen molar-refractivity contribution in [2.75, 3.05) is 6.54 Å². The maximum Gasteiger partial charge on any atom is 0.236 e. The number of pyridine rings is 1. The molecule has 4 heteroatoms. The van der Waals surface area contributed by atoms with E-state index in [1.165, 1.54) is 5.56 Å². The van der Waals surface area contributed by atoms with Crippen molar-refractivity contribution in [2.24, 2.45) is 5.92 Å². The molecule has 0 fully saturated rings. The molecule has 1 amide bonds. The predicted octanol–water partition coefficient (Wildman–Crippen LogP) is 1.64. The summed E-state index contributed by atoms with van der Waals surface area (Å²) in [7, 11) is 0. The number of aromatic nitrogens is 1. The van der Waals surface area contributed by atoms with Gasteiger partial charge in [-0.05, 0) is 37.0 Å². The molecule has 0 saturated carbocycles. The Labute approximate surface area is 109 Å². The number of carbonyl (C=O) groups excluding carboxylic acids is 1. The lowest BCUT2D eigenvalue weighted by Gasteiger charge is -2.15. The van der Waals surface area contributed by atoms with E-state index >= 15 is 0 Å². The third-order valence-electron chi connectivity index (χ3n) is 2.82. The third-order valence-corrected chi connectivity index (χ3v) is 2.82. The highest BCUT2D eigenvalue weighted by molar-refractivity contribution is 5.81. The van der Waals surface area contributed by atoms with Crippen LogP contribution in [-0.4, -0.2) is 23.5 Å². The lowest BCUT2D eigenvalue weighted by atomic mass is 10.1. The largest absolute Gasteiger partial charge is 0.354 e. The van der Waals surface area contributed by atoms with Crippen molar-refractivity contribution in [3.63, 3.8) is 0 Å². The van der Waals surface area contributed by atoms with E-state index in [1.807, 2.05) is 26.1 Å². The Morgan fingerprint density at radius 3 is 2.72 bits per heavy atom. The number of aryl methyl sites for hydroxylation is 1. The first-order valence-corrected chi connectivity index (χ1v) is 6.41. The molecule has 1 heterocycles. The van der Waals surface area contributed by atoms with Crippen LogP contribution in [-0.2, 0) is 11.3 Å². The molecule has 0 saturated heterocycles. The Morgan fingerprint density at radius 2 is 2.11 bits per heavy atom. The lowest BCUT2D eigenvalue weighted by molar-refractivity contribution is -0.122. The fourth-order valence-corrected chi connectivity index (χ4v) is 1.50. The van der Waals surface area contributed by atoms with Crippen molar-refractivity contribution < 1.29 is 4.79 Å². The molecule has 18 heavy (non-hydrogen) atoms.